The van der Waals surface area contributed by atoms with Crippen molar-refractivity contribution in [3.8, 4) is 0 Å². The van der Waals surface area contributed by atoms with Crippen LogP contribution in [-0.4, -0.2) is 12.6 Å². The minimum absolute atomic E-state index is 0.727. The van der Waals surface area contributed by atoms with Crippen molar-refractivity contribution in [2.24, 2.45) is 5.92 Å². The second-order valence-corrected chi connectivity index (χ2v) is 5.77. The van der Waals surface area contributed by atoms with Gasteiger partial charge in [-0.05, 0) is 42.2 Å². The standard InChI is InChI=1S/C16H25N/c1-4-13-6-5-7-14(9-13)15-10-16(17-11-15)8-12(2)3/h5-7,9,12,15-17H,4,8,10-11H2,1-3H3. The summed E-state index contributed by atoms with van der Waals surface area (Å²) in [5, 5.41) is 3.67. The summed E-state index contributed by atoms with van der Waals surface area (Å²) in [6.07, 6.45) is 3.76. The molecule has 0 spiro atoms. The third-order valence-electron chi connectivity index (χ3n) is 3.81. The van der Waals surface area contributed by atoms with Gasteiger partial charge in [0.1, 0.15) is 0 Å². The minimum Gasteiger partial charge on any atom is -0.313 e. The van der Waals surface area contributed by atoms with Crippen LogP contribution < -0.4 is 5.32 Å². The molecule has 0 saturated carbocycles. The van der Waals surface area contributed by atoms with E-state index in [0.717, 1.165) is 30.8 Å². The second kappa shape index (κ2) is 5.68. The molecule has 1 aliphatic heterocycles. The molecule has 2 unspecified atom stereocenters. The third-order valence-corrected chi connectivity index (χ3v) is 3.81. The van der Waals surface area contributed by atoms with E-state index >= 15 is 0 Å². The van der Waals surface area contributed by atoms with Crippen LogP contribution in [0.25, 0.3) is 0 Å². The molecule has 1 nitrogen and oxygen atoms in total. The van der Waals surface area contributed by atoms with Crippen molar-refractivity contribution >= 4 is 0 Å². The van der Waals surface area contributed by atoms with Crippen LogP contribution in [0, 0.1) is 5.92 Å². The average Bonchev–Trinajstić information content (AvgIpc) is 2.77. The van der Waals surface area contributed by atoms with E-state index in [1.54, 1.807) is 0 Å². The van der Waals surface area contributed by atoms with Crippen LogP contribution in [0.3, 0.4) is 0 Å². The molecule has 0 aliphatic carbocycles. The summed E-state index contributed by atoms with van der Waals surface area (Å²) in [7, 11) is 0. The Morgan fingerprint density at radius 2 is 2.18 bits per heavy atom. The van der Waals surface area contributed by atoms with Gasteiger partial charge in [0.05, 0.1) is 0 Å². The highest BCUT2D eigenvalue weighted by Gasteiger charge is 2.25. The molecular formula is C16H25N. The maximum atomic E-state index is 3.67. The van der Waals surface area contributed by atoms with E-state index in [0.29, 0.717) is 0 Å². The Kier molecular flexibility index (Phi) is 4.22. The summed E-state index contributed by atoms with van der Waals surface area (Å²) in [5.74, 6) is 1.53. The molecule has 17 heavy (non-hydrogen) atoms. The largest absolute Gasteiger partial charge is 0.313 e. The lowest BCUT2D eigenvalue weighted by molar-refractivity contribution is 0.461. The lowest BCUT2D eigenvalue weighted by Crippen LogP contribution is -2.22. The van der Waals surface area contributed by atoms with E-state index in [9.17, 15) is 0 Å². The topological polar surface area (TPSA) is 12.0 Å². The zero-order valence-electron chi connectivity index (χ0n) is 11.4. The van der Waals surface area contributed by atoms with Gasteiger partial charge < -0.3 is 5.32 Å². The maximum Gasteiger partial charge on any atom is 0.00760 e. The summed E-state index contributed by atoms with van der Waals surface area (Å²) >= 11 is 0. The maximum absolute atomic E-state index is 3.67. The monoisotopic (exact) mass is 231 g/mol. The van der Waals surface area contributed by atoms with Gasteiger partial charge >= 0.3 is 0 Å². The summed E-state index contributed by atoms with van der Waals surface area (Å²) in [4.78, 5) is 0. The van der Waals surface area contributed by atoms with Crippen LogP contribution >= 0.6 is 0 Å². The van der Waals surface area contributed by atoms with Gasteiger partial charge in [-0.3, -0.25) is 0 Å². The van der Waals surface area contributed by atoms with Gasteiger partial charge in [0, 0.05) is 12.6 Å². The summed E-state index contributed by atoms with van der Waals surface area (Å²) in [5.41, 5.74) is 3.00. The van der Waals surface area contributed by atoms with Crippen molar-refractivity contribution < 1.29 is 0 Å². The number of benzene rings is 1. The summed E-state index contributed by atoms with van der Waals surface area (Å²) in [6.45, 7) is 8.01. The highest BCUT2D eigenvalue weighted by Crippen LogP contribution is 2.28. The van der Waals surface area contributed by atoms with Crippen LogP contribution in [0.2, 0.25) is 0 Å². The Labute approximate surface area is 106 Å². The molecular weight excluding hydrogens is 206 g/mol. The molecule has 1 heteroatoms. The average molecular weight is 231 g/mol. The van der Waals surface area contributed by atoms with E-state index in [4.69, 9.17) is 0 Å². The second-order valence-electron chi connectivity index (χ2n) is 5.77. The lowest BCUT2D eigenvalue weighted by Gasteiger charge is -2.13. The van der Waals surface area contributed by atoms with Crippen LogP contribution in [0.15, 0.2) is 24.3 Å². The highest BCUT2D eigenvalue weighted by molar-refractivity contribution is 5.27. The molecule has 1 aromatic carbocycles. The highest BCUT2D eigenvalue weighted by atomic mass is 14.9. The summed E-state index contributed by atoms with van der Waals surface area (Å²) in [6, 6.07) is 9.86. The first kappa shape index (κ1) is 12.6. The lowest BCUT2D eigenvalue weighted by atomic mass is 9.92. The smallest absolute Gasteiger partial charge is 0.00760 e. The normalized spacial score (nSPS) is 24.5. The predicted octanol–water partition coefficient (Wildman–Crippen LogP) is 3.74. The number of aryl methyl sites for hydroxylation is 1. The molecule has 2 atom stereocenters. The van der Waals surface area contributed by atoms with Crippen molar-refractivity contribution in [2.45, 2.75) is 52.0 Å². The predicted molar refractivity (Wildman–Crippen MR) is 74.4 cm³/mol. The third kappa shape index (κ3) is 3.32. The fraction of sp³-hybridized carbons (Fsp3) is 0.625. The van der Waals surface area contributed by atoms with E-state index < -0.39 is 0 Å². The molecule has 1 fully saturated rings. The van der Waals surface area contributed by atoms with Crippen molar-refractivity contribution in [1.29, 1.82) is 0 Å². The molecule has 2 rings (SSSR count). The number of rotatable bonds is 4. The van der Waals surface area contributed by atoms with Gasteiger partial charge in [-0.1, -0.05) is 45.0 Å². The first-order valence-electron chi connectivity index (χ1n) is 7.01. The van der Waals surface area contributed by atoms with E-state index in [-0.39, 0.29) is 0 Å². The Hall–Kier alpha value is -0.820. The van der Waals surface area contributed by atoms with Crippen LogP contribution in [0.5, 0.6) is 0 Å². The van der Waals surface area contributed by atoms with Gasteiger partial charge in [-0.2, -0.15) is 0 Å². The van der Waals surface area contributed by atoms with E-state index in [1.165, 1.54) is 24.0 Å². The Morgan fingerprint density at radius 3 is 2.88 bits per heavy atom. The molecule has 0 bridgehead atoms. The quantitative estimate of drug-likeness (QED) is 0.832. The first-order valence-corrected chi connectivity index (χ1v) is 7.01. The van der Waals surface area contributed by atoms with E-state index in [1.807, 2.05) is 0 Å². The molecule has 1 N–H and O–H groups in total. The van der Waals surface area contributed by atoms with E-state index in [2.05, 4.69) is 50.4 Å². The van der Waals surface area contributed by atoms with Crippen molar-refractivity contribution in [1.82, 2.24) is 5.32 Å². The fourth-order valence-electron chi connectivity index (χ4n) is 2.89. The molecule has 0 amide bonds. The molecule has 1 aromatic rings. The first-order chi connectivity index (χ1) is 8.19. The Morgan fingerprint density at radius 1 is 1.35 bits per heavy atom. The van der Waals surface area contributed by atoms with Crippen molar-refractivity contribution in [3.05, 3.63) is 35.4 Å². The minimum atomic E-state index is 0.727. The fourth-order valence-corrected chi connectivity index (χ4v) is 2.89. The Balaban J connectivity index is 1.99. The zero-order chi connectivity index (χ0) is 12.3. The summed E-state index contributed by atoms with van der Waals surface area (Å²) < 4.78 is 0. The number of nitrogens with one attached hydrogen (secondary N) is 1. The van der Waals surface area contributed by atoms with Gasteiger partial charge in [0.25, 0.3) is 0 Å². The zero-order valence-corrected chi connectivity index (χ0v) is 11.4. The van der Waals surface area contributed by atoms with Gasteiger partial charge in [-0.15, -0.1) is 0 Å². The van der Waals surface area contributed by atoms with Crippen molar-refractivity contribution in [2.75, 3.05) is 6.54 Å². The van der Waals surface area contributed by atoms with Gasteiger partial charge in [0.15, 0.2) is 0 Å². The number of hydrogen-bond acceptors (Lipinski definition) is 1. The van der Waals surface area contributed by atoms with Crippen molar-refractivity contribution in [3.63, 3.8) is 0 Å². The molecule has 94 valence electrons. The van der Waals surface area contributed by atoms with Gasteiger partial charge in [0.2, 0.25) is 0 Å². The molecule has 0 radical (unpaired) electrons. The van der Waals surface area contributed by atoms with Crippen LogP contribution in [0.1, 0.15) is 50.7 Å². The Bertz CT molecular complexity index is 356. The molecule has 1 aliphatic rings. The van der Waals surface area contributed by atoms with Crippen LogP contribution in [0.4, 0.5) is 0 Å². The SMILES string of the molecule is CCc1cccc(C2CNC(CC(C)C)C2)c1. The molecule has 1 heterocycles. The van der Waals surface area contributed by atoms with Gasteiger partial charge in [-0.25, -0.2) is 0 Å². The molecule has 0 aromatic heterocycles. The van der Waals surface area contributed by atoms with Crippen LogP contribution in [-0.2, 0) is 6.42 Å². The number of hydrogen-bond donors (Lipinski definition) is 1. The molecule has 1 saturated heterocycles.